The third-order valence-corrected chi connectivity index (χ3v) is 4.97. The van der Waals surface area contributed by atoms with Crippen LogP contribution in [0.2, 0.25) is 0 Å². The third-order valence-electron chi connectivity index (χ3n) is 3.79. The van der Waals surface area contributed by atoms with Crippen LogP contribution >= 0.6 is 11.3 Å². The standard InChI is InChI=1S/C18H18N2O4S/c1-4-20-10-19-16-14(17(20)21)11(3)15(25-16)18(22)24-13-8-6-12(7-9-13)23-5-2/h6-10H,4-5H2,1-3H3. The zero-order valence-corrected chi connectivity index (χ0v) is 15.1. The van der Waals surface area contributed by atoms with Gasteiger partial charge < -0.3 is 9.47 Å². The van der Waals surface area contributed by atoms with Crippen molar-refractivity contribution in [3.63, 3.8) is 0 Å². The third kappa shape index (κ3) is 3.28. The highest BCUT2D eigenvalue weighted by Gasteiger charge is 2.21. The van der Waals surface area contributed by atoms with Crippen LogP contribution in [0.25, 0.3) is 10.2 Å². The Bertz CT molecular complexity index is 973. The number of carbonyl (C=O) groups excluding carboxylic acids is 1. The van der Waals surface area contributed by atoms with Gasteiger partial charge in [0.05, 0.1) is 18.3 Å². The molecule has 2 aromatic heterocycles. The first-order chi connectivity index (χ1) is 12.0. The Morgan fingerprint density at radius 1 is 1.20 bits per heavy atom. The molecule has 0 saturated heterocycles. The summed E-state index contributed by atoms with van der Waals surface area (Å²) >= 11 is 1.17. The molecule has 1 aromatic carbocycles. The average Bonchev–Trinajstić information content (AvgIpc) is 2.95. The second-order valence-corrected chi connectivity index (χ2v) is 6.37. The molecule has 130 valence electrons. The van der Waals surface area contributed by atoms with Crippen molar-refractivity contribution in [1.29, 1.82) is 0 Å². The van der Waals surface area contributed by atoms with Gasteiger partial charge in [-0.2, -0.15) is 0 Å². The molecule has 3 rings (SSSR count). The molecule has 25 heavy (non-hydrogen) atoms. The number of fused-ring (bicyclic) bond motifs is 1. The maximum Gasteiger partial charge on any atom is 0.354 e. The van der Waals surface area contributed by atoms with Gasteiger partial charge in [-0.15, -0.1) is 11.3 Å². The number of esters is 1. The van der Waals surface area contributed by atoms with Crippen LogP contribution in [0.5, 0.6) is 11.5 Å². The van der Waals surface area contributed by atoms with Crippen molar-refractivity contribution in [2.45, 2.75) is 27.3 Å². The van der Waals surface area contributed by atoms with Gasteiger partial charge in [-0.05, 0) is 50.6 Å². The first kappa shape index (κ1) is 17.2. The molecule has 7 heteroatoms. The fourth-order valence-electron chi connectivity index (χ4n) is 2.50. The van der Waals surface area contributed by atoms with E-state index in [9.17, 15) is 9.59 Å². The molecule has 0 aliphatic rings. The molecule has 0 bridgehead atoms. The van der Waals surface area contributed by atoms with Gasteiger partial charge in [-0.3, -0.25) is 9.36 Å². The highest BCUT2D eigenvalue weighted by atomic mass is 32.1. The number of nitrogens with zero attached hydrogens (tertiary/aromatic N) is 2. The highest BCUT2D eigenvalue weighted by molar-refractivity contribution is 7.20. The second-order valence-electron chi connectivity index (χ2n) is 5.37. The summed E-state index contributed by atoms with van der Waals surface area (Å²) in [5.74, 6) is 0.640. The van der Waals surface area contributed by atoms with Gasteiger partial charge in [-0.25, -0.2) is 9.78 Å². The van der Waals surface area contributed by atoms with Gasteiger partial charge >= 0.3 is 5.97 Å². The number of rotatable bonds is 5. The predicted octanol–water partition coefficient (Wildman–Crippen LogP) is 3.40. The van der Waals surface area contributed by atoms with E-state index in [1.807, 2.05) is 13.8 Å². The number of hydrogen-bond acceptors (Lipinski definition) is 6. The van der Waals surface area contributed by atoms with E-state index >= 15 is 0 Å². The zero-order valence-electron chi connectivity index (χ0n) is 14.2. The number of benzene rings is 1. The Labute approximate surface area is 148 Å². The van der Waals surface area contributed by atoms with Gasteiger partial charge in [0.2, 0.25) is 0 Å². The van der Waals surface area contributed by atoms with Gasteiger partial charge in [0, 0.05) is 6.54 Å². The molecule has 0 fully saturated rings. The van der Waals surface area contributed by atoms with E-state index in [2.05, 4.69) is 4.98 Å². The van der Waals surface area contributed by atoms with Crippen molar-refractivity contribution in [1.82, 2.24) is 9.55 Å². The fraction of sp³-hybridized carbons (Fsp3) is 0.278. The average molecular weight is 358 g/mol. The Morgan fingerprint density at radius 3 is 2.52 bits per heavy atom. The summed E-state index contributed by atoms with van der Waals surface area (Å²) in [5, 5.41) is 0.480. The van der Waals surface area contributed by atoms with E-state index in [0.29, 0.717) is 45.3 Å². The molecule has 3 aromatic rings. The van der Waals surface area contributed by atoms with Crippen LogP contribution in [0, 0.1) is 6.92 Å². The molecule has 0 aliphatic heterocycles. The molecule has 0 N–H and O–H groups in total. The van der Waals surface area contributed by atoms with Gasteiger partial charge in [-0.1, -0.05) is 0 Å². The lowest BCUT2D eigenvalue weighted by molar-refractivity contribution is 0.0739. The largest absolute Gasteiger partial charge is 0.494 e. The monoisotopic (exact) mass is 358 g/mol. The first-order valence-corrected chi connectivity index (χ1v) is 8.80. The summed E-state index contributed by atoms with van der Waals surface area (Å²) < 4.78 is 12.3. The summed E-state index contributed by atoms with van der Waals surface area (Å²) in [6.07, 6.45) is 1.50. The van der Waals surface area contributed by atoms with Crippen LogP contribution in [0.4, 0.5) is 0 Å². The number of carbonyl (C=O) groups is 1. The van der Waals surface area contributed by atoms with Gasteiger partial charge in [0.15, 0.2) is 0 Å². The minimum Gasteiger partial charge on any atom is -0.494 e. The van der Waals surface area contributed by atoms with Gasteiger partial charge in [0.1, 0.15) is 21.2 Å². The van der Waals surface area contributed by atoms with Gasteiger partial charge in [0.25, 0.3) is 5.56 Å². The van der Waals surface area contributed by atoms with E-state index in [4.69, 9.17) is 9.47 Å². The smallest absolute Gasteiger partial charge is 0.354 e. The molecule has 0 amide bonds. The minimum absolute atomic E-state index is 0.138. The predicted molar refractivity (Wildman–Crippen MR) is 96.9 cm³/mol. The maximum atomic E-state index is 12.5. The molecule has 0 saturated carbocycles. The number of aromatic nitrogens is 2. The summed E-state index contributed by atoms with van der Waals surface area (Å²) in [5.41, 5.74) is 0.470. The summed E-state index contributed by atoms with van der Waals surface area (Å²) in [7, 11) is 0. The normalized spacial score (nSPS) is 10.8. The van der Waals surface area contributed by atoms with Crippen LogP contribution in [-0.4, -0.2) is 22.1 Å². The van der Waals surface area contributed by atoms with Crippen LogP contribution in [0.1, 0.15) is 29.1 Å². The topological polar surface area (TPSA) is 70.4 Å². The van der Waals surface area contributed by atoms with Crippen molar-refractivity contribution in [2.75, 3.05) is 6.61 Å². The van der Waals surface area contributed by atoms with E-state index in [0.717, 1.165) is 0 Å². The number of hydrogen-bond donors (Lipinski definition) is 0. The zero-order chi connectivity index (χ0) is 18.0. The van der Waals surface area contributed by atoms with Crippen LogP contribution in [0.3, 0.4) is 0 Å². The summed E-state index contributed by atoms with van der Waals surface area (Å²) in [6, 6.07) is 6.83. The molecule has 0 aliphatic carbocycles. The molecule has 0 radical (unpaired) electrons. The van der Waals surface area contributed by atoms with Crippen LogP contribution in [0.15, 0.2) is 35.4 Å². The van der Waals surface area contributed by atoms with Crippen molar-refractivity contribution < 1.29 is 14.3 Å². The molecule has 0 unspecified atom stereocenters. The molecule has 2 heterocycles. The minimum atomic E-state index is -0.493. The summed E-state index contributed by atoms with van der Waals surface area (Å²) in [4.78, 5) is 30.1. The molecule has 0 spiro atoms. The first-order valence-electron chi connectivity index (χ1n) is 7.98. The van der Waals surface area contributed by atoms with Crippen molar-refractivity contribution in [3.8, 4) is 11.5 Å². The van der Waals surface area contributed by atoms with Crippen molar-refractivity contribution >= 4 is 27.5 Å². The number of thiophene rings is 1. The Hall–Kier alpha value is -2.67. The van der Waals surface area contributed by atoms with Crippen molar-refractivity contribution in [3.05, 3.63) is 51.4 Å². The van der Waals surface area contributed by atoms with Crippen LogP contribution in [-0.2, 0) is 6.54 Å². The fourth-order valence-corrected chi connectivity index (χ4v) is 3.52. The van der Waals surface area contributed by atoms with E-state index in [1.54, 1.807) is 31.2 Å². The summed E-state index contributed by atoms with van der Waals surface area (Å²) in [6.45, 7) is 6.62. The number of ether oxygens (including phenoxy) is 2. The maximum absolute atomic E-state index is 12.5. The lowest BCUT2D eigenvalue weighted by Gasteiger charge is -2.06. The van der Waals surface area contributed by atoms with Crippen LogP contribution < -0.4 is 15.0 Å². The molecular formula is C18H18N2O4S. The van der Waals surface area contributed by atoms with E-state index < -0.39 is 5.97 Å². The quantitative estimate of drug-likeness (QED) is 0.516. The SMILES string of the molecule is CCOc1ccc(OC(=O)c2sc3ncn(CC)c(=O)c3c2C)cc1. The molecular weight excluding hydrogens is 340 g/mol. The lowest BCUT2D eigenvalue weighted by atomic mass is 10.2. The molecule has 0 atom stereocenters. The lowest BCUT2D eigenvalue weighted by Crippen LogP contribution is -2.19. The molecule has 6 nitrogen and oxygen atoms in total. The Kier molecular flexibility index (Phi) is 4.85. The highest BCUT2D eigenvalue weighted by Crippen LogP contribution is 2.28. The second kappa shape index (κ2) is 7.06. The van der Waals surface area contributed by atoms with E-state index in [1.165, 1.54) is 22.2 Å². The van der Waals surface area contributed by atoms with E-state index in [-0.39, 0.29) is 5.56 Å². The van der Waals surface area contributed by atoms with Crippen molar-refractivity contribution in [2.24, 2.45) is 0 Å². The number of aryl methyl sites for hydroxylation is 2. The Balaban J connectivity index is 1.91. The Morgan fingerprint density at radius 2 is 1.88 bits per heavy atom.